The van der Waals surface area contributed by atoms with Crippen molar-refractivity contribution in [2.45, 2.75) is 19.0 Å². The number of ether oxygens (including phenoxy) is 1. The van der Waals surface area contributed by atoms with Crippen LogP contribution in [0.1, 0.15) is 35.7 Å². The molecule has 120 valence electrons. The Morgan fingerprint density at radius 3 is 2.21 bits per heavy atom. The largest absolute Gasteiger partial charge is 0.478 e. The maximum atomic E-state index is 6.06. The van der Waals surface area contributed by atoms with E-state index in [0.717, 1.165) is 5.75 Å². The summed E-state index contributed by atoms with van der Waals surface area (Å²) in [7, 11) is 0. The third kappa shape index (κ3) is 2.70. The Hall–Kier alpha value is -2.58. The van der Waals surface area contributed by atoms with Crippen LogP contribution in [0.2, 0.25) is 0 Å². The van der Waals surface area contributed by atoms with Crippen LogP contribution < -0.4 is 4.74 Å². The van der Waals surface area contributed by atoms with Crippen LogP contribution in [0.3, 0.4) is 0 Å². The first-order valence-corrected chi connectivity index (χ1v) is 8.42. The molecule has 1 heterocycles. The minimum atomic E-state index is 0.200. The molecule has 2 atom stereocenters. The Morgan fingerprint density at radius 1 is 0.833 bits per heavy atom. The van der Waals surface area contributed by atoms with Crippen LogP contribution in [0.15, 0.2) is 84.9 Å². The Kier molecular flexibility index (Phi) is 4.06. The predicted octanol–water partition coefficient (Wildman–Crippen LogP) is 5.19. The third-order valence-electron chi connectivity index (χ3n) is 4.81. The van der Waals surface area contributed by atoms with Gasteiger partial charge in [0.05, 0.1) is 6.04 Å². The van der Waals surface area contributed by atoms with Crippen LogP contribution in [0.5, 0.6) is 5.75 Å². The van der Waals surface area contributed by atoms with Gasteiger partial charge in [-0.05, 0) is 24.1 Å². The van der Waals surface area contributed by atoms with Crippen LogP contribution >= 0.6 is 0 Å². The van der Waals surface area contributed by atoms with E-state index >= 15 is 0 Å². The number of hydrogen-bond donors (Lipinski definition) is 0. The summed E-state index contributed by atoms with van der Waals surface area (Å²) in [5, 5.41) is 0. The van der Waals surface area contributed by atoms with Crippen LogP contribution in [-0.4, -0.2) is 11.6 Å². The smallest absolute Gasteiger partial charge is 0.143 e. The van der Waals surface area contributed by atoms with Gasteiger partial charge in [0.15, 0.2) is 0 Å². The van der Waals surface area contributed by atoms with E-state index in [-0.39, 0.29) is 12.1 Å². The maximum Gasteiger partial charge on any atom is 0.143 e. The summed E-state index contributed by atoms with van der Waals surface area (Å²) >= 11 is 0. The molecule has 0 spiro atoms. The van der Waals surface area contributed by atoms with Gasteiger partial charge in [-0.1, -0.05) is 78.9 Å². The summed E-state index contributed by atoms with van der Waals surface area (Å²) in [5.41, 5.74) is 3.84. The van der Waals surface area contributed by atoms with Gasteiger partial charge in [0, 0.05) is 11.6 Å². The highest BCUT2D eigenvalue weighted by molar-refractivity contribution is 5.43. The maximum absolute atomic E-state index is 6.06. The second-order valence-electron chi connectivity index (χ2n) is 6.23. The first kappa shape index (κ1) is 15.0. The molecule has 3 aromatic carbocycles. The van der Waals surface area contributed by atoms with Gasteiger partial charge in [-0.2, -0.15) is 0 Å². The van der Waals surface area contributed by atoms with Crippen molar-refractivity contribution >= 4 is 0 Å². The van der Waals surface area contributed by atoms with E-state index < -0.39 is 0 Å². The fourth-order valence-electron chi connectivity index (χ4n) is 3.50. The summed E-state index contributed by atoms with van der Waals surface area (Å²) in [6.07, 6.45) is 0. The molecule has 0 aliphatic carbocycles. The highest BCUT2D eigenvalue weighted by Crippen LogP contribution is 2.42. The summed E-state index contributed by atoms with van der Waals surface area (Å²) in [5.74, 6) is 0.989. The summed E-state index contributed by atoms with van der Waals surface area (Å²) < 4.78 is 6.06. The molecule has 2 nitrogen and oxygen atoms in total. The van der Waals surface area contributed by atoms with Gasteiger partial charge in [0.25, 0.3) is 0 Å². The quantitative estimate of drug-likeness (QED) is 0.659. The van der Waals surface area contributed by atoms with E-state index in [2.05, 4.69) is 90.7 Å². The first-order valence-electron chi connectivity index (χ1n) is 8.42. The number of nitrogens with zero attached hydrogens (tertiary/aromatic N) is 1. The van der Waals surface area contributed by atoms with Crippen LogP contribution in [-0.2, 0) is 0 Å². The molecule has 1 aliphatic rings. The van der Waals surface area contributed by atoms with Crippen molar-refractivity contribution in [1.82, 2.24) is 4.90 Å². The second kappa shape index (κ2) is 6.50. The monoisotopic (exact) mass is 315 g/mol. The molecule has 0 radical (unpaired) electrons. The molecule has 0 bridgehead atoms. The molecule has 0 saturated carbocycles. The van der Waals surface area contributed by atoms with Gasteiger partial charge in [-0.25, -0.2) is 0 Å². The highest BCUT2D eigenvalue weighted by Gasteiger charge is 2.33. The molecule has 24 heavy (non-hydrogen) atoms. The molecule has 0 aromatic heterocycles. The predicted molar refractivity (Wildman–Crippen MR) is 96.9 cm³/mol. The van der Waals surface area contributed by atoms with Crippen molar-refractivity contribution in [3.05, 3.63) is 102 Å². The van der Waals surface area contributed by atoms with Gasteiger partial charge < -0.3 is 4.74 Å². The van der Waals surface area contributed by atoms with Gasteiger partial charge in [-0.3, -0.25) is 4.90 Å². The molecule has 2 heteroatoms. The lowest BCUT2D eigenvalue weighted by atomic mass is 9.93. The molecular weight excluding hydrogens is 294 g/mol. The van der Waals surface area contributed by atoms with Crippen LogP contribution in [0.4, 0.5) is 0 Å². The van der Waals surface area contributed by atoms with E-state index in [1.807, 2.05) is 6.07 Å². The van der Waals surface area contributed by atoms with Crippen LogP contribution in [0.25, 0.3) is 0 Å². The minimum absolute atomic E-state index is 0.200. The van der Waals surface area contributed by atoms with E-state index in [4.69, 9.17) is 4.74 Å². The lowest BCUT2D eigenvalue weighted by molar-refractivity contribution is 0.0401. The molecule has 0 saturated heterocycles. The fraction of sp³-hybridized carbons (Fsp3) is 0.182. The Labute approximate surface area is 143 Å². The van der Waals surface area contributed by atoms with E-state index in [0.29, 0.717) is 6.73 Å². The number of para-hydroxylation sites is 1. The molecule has 0 amide bonds. The second-order valence-corrected chi connectivity index (χ2v) is 6.23. The number of rotatable bonds is 3. The molecular formula is C22H21NO. The lowest BCUT2D eigenvalue weighted by Crippen LogP contribution is -2.38. The van der Waals surface area contributed by atoms with Crippen molar-refractivity contribution in [3.8, 4) is 5.75 Å². The average molecular weight is 315 g/mol. The van der Waals surface area contributed by atoms with Crippen molar-refractivity contribution in [2.75, 3.05) is 6.73 Å². The van der Waals surface area contributed by atoms with E-state index in [9.17, 15) is 0 Å². The molecule has 0 unspecified atom stereocenters. The van der Waals surface area contributed by atoms with Gasteiger partial charge >= 0.3 is 0 Å². The standard InChI is InChI=1S/C22H21NO/c1-17(18-10-4-2-5-11-18)23-16-24-21-15-9-8-14-20(21)22(23)19-12-6-3-7-13-19/h2-15,17,22H,16H2,1H3/t17-,22-/m0/s1. The lowest BCUT2D eigenvalue weighted by Gasteiger charge is -2.41. The van der Waals surface area contributed by atoms with Crippen molar-refractivity contribution in [3.63, 3.8) is 0 Å². The molecule has 1 aliphatic heterocycles. The first-order chi connectivity index (χ1) is 11.8. The zero-order chi connectivity index (χ0) is 16.4. The zero-order valence-corrected chi connectivity index (χ0v) is 13.8. The summed E-state index contributed by atoms with van der Waals surface area (Å²) in [4.78, 5) is 2.42. The van der Waals surface area contributed by atoms with Crippen molar-refractivity contribution < 1.29 is 4.74 Å². The molecule has 0 N–H and O–H groups in total. The number of benzene rings is 3. The fourth-order valence-corrected chi connectivity index (χ4v) is 3.50. The summed E-state index contributed by atoms with van der Waals surface area (Å²) in [6.45, 7) is 2.84. The van der Waals surface area contributed by atoms with Crippen molar-refractivity contribution in [2.24, 2.45) is 0 Å². The van der Waals surface area contributed by atoms with E-state index in [1.165, 1.54) is 16.7 Å². The Bertz CT molecular complexity index is 800. The van der Waals surface area contributed by atoms with Gasteiger partial charge in [0.1, 0.15) is 12.5 Å². The third-order valence-corrected chi connectivity index (χ3v) is 4.81. The Morgan fingerprint density at radius 2 is 1.46 bits per heavy atom. The number of hydrogen-bond acceptors (Lipinski definition) is 2. The minimum Gasteiger partial charge on any atom is -0.478 e. The average Bonchev–Trinajstić information content (AvgIpc) is 2.68. The van der Waals surface area contributed by atoms with Crippen LogP contribution in [0, 0.1) is 0 Å². The molecule has 4 rings (SSSR count). The topological polar surface area (TPSA) is 12.5 Å². The molecule has 3 aromatic rings. The summed E-state index contributed by atoms with van der Waals surface area (Å²) in [6, 6.07) is 30.2. The number of fused-ring (bicyclic) bond motifs is 1. The Balaban J connectivity index is 1.79. The van der Waals surface area contributed by atoms with E-state index in [1.54, 1.807) is 0 Å². The normalized spacial score (nSPS) is 18.5. The van der Waals surface area contributed by atoms with Gasteiger partial charge in [-0.15, -0.1) is 0 Å². The van der Waals surface area contributed by atoms with Gasteiger partial charge in [0.2, 0.25) is 0 Å². The molecule has 0 fully saturated rings. The van der Waals surface area contributed by atoms with Crippen molar-refractivity contribution in [1.29, 1.82) is 0 Å². The highest BCUT2D eigenvalue weighted by atomic mass is 16.5. The zero-order valence-electron chi connectivity index (χ0n) is 13.8. The SMILES string of the molecule is C[C@@H](c1ccccc1)N1COc2ccccc2[C@@H]1c1ccccc1.